The number of aromatic nitrogens is 2. The number of carbonyl (C=O) groups excluding carboxylic acids is 2. The molecule has 1 saturated heterocycles. The molecule has 198 valence electrons. The number of piperidine rings is 1. The van der Waals surface area contributed by atoms with Crippen molar-refractivity contribution in [3.8, 4) is 0 Å². The number of amides is 2. The van der Waals surface area contributed by atoms with Gasteiger partial charge in [-0.05, 0) is 56.4 Å². The van der Waals surface area contributed by atoms with Gasteiger partial charge in [0.1, 0.15) is 11.1 Å². The van der Waals surface area contributed by atoms with Crippen LogP contribution in [0.25, 0.3) is 6.08 Å². The maximum absolute atomic E-state index is 13.2. The Morgan fingerprint density at radius 2 is 1.36 bits per heavy atom. The van der Waals surface area contributed by atoms with Crippen LogP contribution in [0, 0.1) is 0 Å². The van der Waals surface area contributed by atoms with Gasteiger partial charge in [0.25, 0.3) is 5.91 Å². The Labute approximate surface area is 229 Å². The van der Waals surface area contributed by atoms with E-state index in [1.54, 1.807) is 26.8 Å². The van der Waals surface area contributed by atoms with Crippen molar-refractivity contribution in [1.29, 1.82) is 0 Å². The lowest BCUT2D eigenvalue weighted by molar-refractivity contribution is -0.127. The van der Waals surface area contributed by atoms with E-state index in [9.17, 15) is 9.59 Å². The minimum atomic E-state index is -0.688. The molecule has 1 fully saturated rings. The minimum absolute atomic E-state index is 0.328. The topological polar surface area (TPSA) is 64.4 Å². The zero-order valence-corrected chi connectivity index (χ0v) is 22.6. The van der Waals surface area contributed by atoms with Crippen molar-refractivity contribution in [3.63, 3.8) is 0 Å². The minimum Gasteiger partial charge on any atom is -0.443 e. The van der Waals surface area contributed by atoms with Gasteiger partial charge in [0.2, 0.25) is 0 Å². The van der Waals surface area contributed by atoms with E-state index < -0.39 is 17.2 Å². The molecule has 2 heterocycles. The number of benzene rings is 3. The summed E-state index contributed by atoms with van der Waals surface area (Å²) in [6.45, 7) is 5.72. The summed E-state index contributed by atoms with van der Waals surface area (Å²) in [4.78, 5) is 31.8. The molecule has 1 aliphatic rings. The number of imide groups is 1. The summed E-state index contributed by atoms with van der Waals surface area (Å²) >= 11 is 0. The molecule has 3 aromatic carbocycles. The number of likely N-dealkylation sites (tertiary alicyclic amines) is 1. The fourth-order valence-electron chi connectivity index (χ4n) is 5.19. The van der Waals surface area contributed by atoms with Gasteiger partial charge in [-0.15, -0.1) is 0 Å². The highest BCUT2D eigenvalue weighted by Gasteiger charge is 2.38. The molecule has 2 amide bonds. The van der Waals surface area contributed by atoms with E-state index in [1.807, 2.05) is 67.1 Å². The van der Waals surface area contributed by atoms with Crippen LogP contribution < -0.4 is 0 Å². The number of nitrogens with zero attached hydrogens (tertiary/aromatic N) is 3. The van der Waals surface area contributed by atoms with E-state index >= 15 is 0 Å². The first-order chi connectivity index (χ1) is 18.8. The average molecular weight is 520 g/mol. The van der Waals surface area contributed by atoms with Crippen molar-refractivity contribution in [1.82, 2.24) is 14.5 Å². The quantitative estimate of drug-likeness (QED) is 0.218. The predicted octanol–water partition coefficient (Wildman–Crippen LogP) is 6.66. The molecule has 39 heavy (non-hydrogen) atoms. The highest BCUT2D eigenvalue weighted by Crippen LogP contribution is 2.41. The molecule has 1 aliphatic heterocycles. The van der Waals surface area contributed by atoms with E-state index in [0.717, 1.165) is 16.7 Å². The predicted molar refractivity (Wildman–Crippen MR) is 152 cm³/mol. The van der Waals surface area contributed by atoms with Gasteiger partial charge in [-0.3, -0.25) is 4.79 Å². The second-order valence-electron chi connectivity index (χ2n) is 10.7. The summed E-state index contributed by atoms with van der Waals surface area (Å²) in [5, 5.41) is 0. The Hall–Kier alpha value is -4.45. The molecule has 0 unspecified atom stereocenters. The highest BCUT2D eigenvalue weighted by atomic mass is 16.6. The molecule has 0 radical (unpaired) electrons. The standard InChI is InChI=1S/C33H33N3O3/c1-32(2,3)39-31(38)36-21-13-14-25(30(36)37)22-29-23-35(24-34-29)33(26-15-7-4-8-16-26,27-17-9-5-10-18-27)28-19-11-6-12-20-28/h4-12,15-20,22-24H,13-14,21H2,1-3H3/b25-22+. The van der Waals surface area contributed by atoms with Crippen molar-refractivity contribution in [2.45, 2.75) is 44.8 Å². The maximum atomic E-state index is 13.2. The second-order valence-corrected chi connectivity index (χ2v) is 10.7. The van der Waals surface area contributed by atoms with Crippen LogP contribution in [0.15, 0.2) is 109 Å². The number of rotatable bonds is 5. The summed E-state index contributed by atoms with van der Waals surface area (Å²) in [6, 6.07) is 31.1. The summed E-state index contributed by atoms with van der Waals surface area (Å²) in [5.41, 5.74) is 3.09. The fraction of sp³-hybridized carbons (Fsp3) is 0.242. The fourth-order valence-corrected chi connectivity index (χ4v) is 5.19. The first kappa shape index (κ1) is 26.2. The zero-order chi connectivity index (χ0) is 27.5. The molecule has 0 aliphatic carbocycles. The van der Waals surface area contributed by atoms with E-state index in [0.29, 0.717) is 30.7 Å². The van der Waals surface area contributed by atoms with Crippen LogP contribution in [0.1, 0.15) is 56.0 Å². The molecule has 0 bridgehead atoms. The Balaban J connectivity index is 1.59. The first-order valence-electron chi connectivity index (χ1n) is 13.3. The molecule has 4 aromatic rings. The van der Waals surface area contributed by atoms with Gasteiger partial charge in [0.15, 0.2) is 0 Å². The maximum Gasteiger partial charge on any atom is 0.417 e. The zero-order valence-electron chi connectivity index (χ0n) is 22.6. The third-order valence-electron chi connectivity index (χ3n) is 6.85. The van der Waals surface area contributed by atoms with Gasteiger partial charge in [-0.25, -0.2) is 14.7 Å². The number of ether oxygens (including phenoxy) is 1. The van der Waals surface area contributed by atoms with E-state index in [2.05, 4.69) is 41.0 Å². The van der Waals surface area contributed by atoms with Crippen LogP contribution in [0.2, 0.25) is 0 Å². The Bertz CT molecular complexity index is 1370. The SMILES string of the molecule is CC(C)(C)OC(=O)N1CCC/C(=C\c2cn(C(c3ccccc3)(c3ccccc3)c3ccccc3)cn2)C1=O. The lowest BCUT2D eigenvalue weighted by Crippen LogP contribution is -2.44. The molecule has 0 spiro atoms. The van der Waals surface area contributed by atoms with Crippen LogP contribution in [0.5, 0.6) is 0 Å². The average Bonchev–Trinajstić information content (AvgIpc) is 3.40. The lowest BCUT2D eigenvalue weighted by atomic mass is 9.77. The summed E-state index contributed by atoms with van der Waals surface area (Å²) in [7, 11) is 0. The van der Waals surface area contributed by atoms with Crippen LogP contribution in [-0.4, -0.2) is 38.6 Å². The van der Waals surface area contributed by atoms with Crippen molar-refractivity contribution in [3.05, 3.63) is 131 Å². The van der Waals surface area contributed by atoms with Gasteiger partial charge in [-0.2, -0.15) is 0 Å². The van der Waals surface area contributed by atoms with E-state index in [4.69, 9.17) is 9.72 Å². The van der Waals surface area contributed by atoms with E-state index in [1.165, 1.54) is 4.90 Å². The number of carbonyl (C=O) groups is 2. The molecule has 6 nitrogen and oxygen atoms in total. The van der Waals surface area contributed by atoms with Crippen molar-refractivity contribution in [2.24, 2.45) is 0 Å². The molecular weight excluding hydrogens is 486 g/mol. The van der Waals surface area contributed by atoms with Gasteiger partial charge < -0.3 is 9.30 Å². The number of hydrogen-bond donors (Lipinski definition) is 0. The second kappa shape index (κ2) is 10.7. The number of imidazole rings is 1. The highest BCUT2D eigenvalue weighted by molar-refractivity contribution is 6.05. The lowest BCUT2D eigenvalue weighted by Gasteiger charge is -2.37. The van der Waals surface area contributed by atoms with Crippen molar-refractivity contribution >= 4 is 18.1 Å². The van der Waals surface area contributed by atoms with Gasteiger partial charge in [0, 0.05) is 18.3 Å². The molecule has 6 heteroatoms. The van der Waals surface area contributed by atoms with Crippen molar-refractivity contribution < 1.29 is 14.3 Å². The smallest absolute Gasteiger partial charge is 0.417 e. The third-order valence-corrected chi connectivity index (χ3v) is 6.85. The third kappa shape index (κ3) is 5.28. The Kier molecular flexibility index (Phi) is 7.20. The number of hydrogen-bond acceptors (Lipinski definition) is 4. The molecule has 1 aromatic heterocycles. The van der Waals surface area contributed by atoms with Gasteiger partial charge in [-0.1, -0.05) is 91.0 Å². The van der Waals surface area contributed by atoms with Crippen molar-refractivity contribution in [2.75, 3.05) is 6.54 Å². The Morgan fingerprint density at radius 3 is 1.85 bits per heavy atom. The van der Waals surface area contributed by atoms with Crippen LogP contribution in [0.4, 0.5) is 4.79 Å². The molecule has 0 N–H and O–H groups in total. The van der Waals surface area contributed by atoms with E-state index in [-0.39, 0.29) is 5.91 Å². The summed E-state index contributed by atoms with van der Waals surface area (Å²) in [6.07, 6.45) is 6.23. The van der Waals surface area contributed by atoms with Crippen LogP contribution >= 0.6 is 0 Å². The van der Waals surface area contributed by atoms with Gasteiger partial charge in [0.05, 0.1) is 12.0 Å². The molecule has 5 rings (SSSR count). The monoisotopic (exact) mass is 519 g/mol. The normalized spacial score (nSPS) is 15.4. The summed E-state index contributed by atoms with van der Waals surface area (Å²) in [5.74, 6) is -0.328. The Morgan fingerprint density at radius 1 is 0.846 bits per heavy atom. The first-order valence-corrected chi connectivity index (χ1v) is 13.3. The molecular formula is C33H33N3O3. The van der Waals surface area contributed by atoms with Gasteiger partial charge >= 0.3 is 6.09 Å². The summed E-state index contributed by atoms with van der Waals surface area (Å²) < 4.78 is 7.57. The molecule has 0 atom stereocenters. The molecule has 0 saturated carbocycles. The van der Waals surface area contributed by atoms with Crippen LogP contribution in [0.3, 0.4) is 0 Å². The largest absolute Gasteiger partial charge is 0.443 e. The van der Waals surface area contributed by atoms with Crippen LogP contribution in [-0.2, 0) is 15.1 Å².